The van der Waals surface area contributed by atoms with Crippen LogP contribution >= 0.6 is 0 Å². The summed E-state index contributed by atoms with van der Waals surface area (Å²) in [6.07, 6.45) is 1.69. The van der Waals surface area contributed by atoms with Gasteiger partial charge < -0.3 is 4.74 Å². The van der Waals surface area contributed by atoms with Gasteiger partial charge in [0.1, 0.15) is 0 Å². The molecule has 0 aromatic carbocycles. The average Bonchev–Trinajstić information content (AvgIpc) is 2.07. The second-order valence-corrected chi connectivity index (χ2v) is 2.00. The maximum atomic E-state index is 11.0. The maximum Gasteiger partial charge on any atom is 0.403 e. The summed E-state index contributed by atoms with van der Waals surface area (Å²) in [6, 6.07) is 5.27. The normalized spacial score (nSPS) is 9.18. The number of aromatic nitrogens is 1. The Labute approximate surface area is 65.0 Å². The highest BCUT2D eigenvalue weighted by atomic mass is 16.5. The minimum Gasteiger partial charge on any atom is -0.458 e. The van der Waals surface area contributed by atoms with Crippen LogP contribution in [0.25, 0.3) is 0 Å². The summed E-state index contributed by atoms with van der Waals surface area (Å²) in [5, 5.41) is 0. The molecule has 0 saturated heterocycles. The number of rotatable bonds is 2. The molecule has 0 aliphatic rings. The second-order valence-electron chi connectivity index (χ2n) is 2.00. The SMILES string of the molecule is CCOC(=O)c1cccc[nH+]1. The van der Waals surface area contributed by atoms with Crippen LogP contribution < -0.4 is 4.98 Å². The Bertz CT molecular complexity index is 233. The Morgan fingerprint density at radius 2 is 2.45 bits per heavy atom. The van der Waals surface area contributed by atoms with Gasteiger partial charge in [0.2, 0.25) is 0 Å². The summed E-state index contributed by atoms with van der Waals surface area (Å²) in [6.45, 7) is 2.18. The van der Waals surface area contributed by atoms with Crippen molar-refractivity contribution in [3.8, 4) is 0 Å². The number of carbonyl (C=O) groups excluding carboxylic acids is 1. The highest BCUT2D eigenvalue weighted by Crippen LogP contribution is 1.91. The first-order valence-corrected chi connectivity index (χ1v) is 3.48. The van der Waals surface area contributed by atoms with E-state index in [1.165, 1.54) is 0 Å². The van der Waals surface area contributed by atoms with Crippen LogP contribution in [0.5, 0.6) is 0 Å². The predicted octanol–water partition coefficient (Wildman–Crippen LogP) is 0.677. The lowest BCUT2D eigenvalue weighted by Crippen LogP contribution is -2.17. The number of H-pyrrole nitrogens is 1. The Balaban J connectivity index is 2.69. The number of hydrogen-bond acceptors (Lipinski definition) is 2. The molecule has 3 nitrogen and oxygen atoms in total. The van der Waals surface area contributed by atoms with E-state index in [-0.39, 0.29) is 5.97 Å². The molecule has 0 atom stereocenters. The van der Waals surface area contributed by atoms with Crippen molar-refractivity contribution in [3.05, 3.63) is 30.1 Å². The summed E-state index contributed by atoms with van der Waals surface area (Å²) in [4.78, 5) is 13.8. The summed E-state index contributed by atoms with van der Waals surface area (Å²) in [5.74, 6) is -0.312. The maximum absolute atomic E-state index is 11.0. The zero-order valence-corrected chi connectivity index (χ0v) is 6.33. The number of esters is 1. The van der Waals surface area contributed by atoms with E-state index in [0.29, 0.717) is 12.3 Å². The molecule has 0 amide bonds. The van der Waals surface area contributed by atoms with Crippen molar-refractivity contribution in [1.82, 2.24) is 0 Å². The van der Waals surface area contributed by atoms with Gasteiger partial charge >= 0.3 is 5.97 Å². The molecule has 1 N–H and O–H groups in total. The van der Waals surface area contributed by atoms with Crippen molar-refractivity contribution in [3.63, 3.8) is 0 Å². The van der Waals surface area contributed by atoms with Gasteiger partial charge in [-0.25, -0.2) is 9.78 Å². The summed E-state index contributed by atoms with van der Waals surface area (Å²) in [5.41, 5.74) is 0.481. The molecule has 1 rings (SSSR count). The van der Waals surface area contributed by atoms with Gasteiger partial charge in [-0.1, -0.05) is 0 Å². The van der Waals surface area contributed by atoms with E-state index in [2.05, 4.69) is 4.98 Å². The Hall–Kier alpha value is -1.38. The third-order valence-corrected chi connectivity index (χ3v) is 1.20. The fourth-order valence-corrected chi connectivity index (χ4v) is 0.729. The van der Waals surface area contributed by atoms with Gasteiger partial charge in [0.15, 0.2) is 6.20 Å². The molecular formula is C8H10NO2+. The summed E-state index contributed by atoms with van der Waals surface area (Å²) in [7, 11) is 0. The highest BCUT2D eigenvalue weighted by Gasteiger charge is 2.11. The summed E-state index contributed by atoms with van der Waals surface area (Å²) >= 11 is 0. The fourth-order valence-electron chi connectivity index (χ4n) is 0.729. The molecule has 0 unspecified atom stereocenters. The zero-order chi connectivity index (χ0) is 8.10. The number of pyridine rings is 1. The third-order valence-electron chi connectivity index (χ3n) is 1.20. The van der Waals surface area contributed by atoms with E-state index in [9.17, 15) is 4.79 Å². The Kier molecular flexibility index (Phi) is 2.60. The lowest BCUT2D eigenvalue weighted by molar-refractivity contribution is -0.383. The van der Waals surface area contributed by atoms with Crippen molar-refractivity contribution in [2.45, 2.75) is 6.92 Å². The summed E-state index contributed by atoms with van der Waals surface area (Å²) < 4.78 is 4.76. The average molecular weight is 152 g/mol. The van der Waals surface area contributed by atoms with E-state index in [1.54, 1.807) is 25.3 Å². The fraction of sp³-hybridized carbons (Fsp3) is 0.250. The second kappa shape index (κ2) is 3.71. The largest absolute Gasteiger partial charge is 0.458 e. The van der Waals surface area contributed by atoms with E-state index in [1.807, 2.05) is 6.07 Å². The molecule has 0 spiro atoms. The van der Waals surface area contributed by atoms with Crippen LogP contribution in [0, 0.1) is 0 Å². The van der Waals surface area contributed by atoms with E-state index >= 15 is 0 Å². The van der Waals surface area contributed by atoms with E-state index in [4.69, 9.17) is 4.74 Å². The molecule has 0 saturated carbocycles. The van der Waals surface area contributed by atoms with Crippen molar-refractivity contribution in [1.29, 1.82) is 0 Å². The zero-order valence-electron chi connectivity index (χ0n) is 6.33. The van der Waals surface area contributed by atoms with E-state index in [0.717, 1.165) is 0 Å². The van der Waals surface area contributed by atoms with Gasteiger partial charge in [-0.3, -0.25) is 0 Å². The van der Waals surface area contributed by atoms with Crippen molar-refractivity contribution >= 4 is 5.97 Å². The molecule has 1 aromatic heterocycles. The molecule has 0 aliphatic heterocycles. The van der Waals surface area contributed by atoms with Gasteiger partial charge in [0.05, 0.1) is 6.61 Å². The molecule has 0 aliphatic carbocycles. The molecule has 1 aromatic rings. The Morgan fingerprint density at radius 3 is 3.00 bits per heavy atom. The van der Waals surface area contributed by atoms with Gasteiger partial charge in [-0.2, -0.15) is 0 Å². The quantitative estimate of drug-likeness (QED) is 0.584. The molecule has 1 heterocycles. The number of hydrogen-bond donors (Lipinski definition) is 0. The van der Waals surface area contributed by atoms with Gasteiger partial charge in [-0.15, -0.1) is 0 Å². The lowest BCUT2D eigenvalue weighted by Gasteiger charge is -1.94. The Morgan fingerprint density at radius 1 is 1.64 bits per heavy atom. The molecule has 0 bridgehead atoms. The van der Waals surface area contributed by atoms with Crippen LogP contribution in [0.3, 0.4) is 0 Å². The smallest absolute Gasteiger partial charge is 0.403 e. The number of ether oxygens (including phenoxy) is 1. The third kappa shape index (κ3) is 2.04. The minimum absolute atomic E-state index is 0.312. The molecule has 0 radical (unpaired) electrons. The highest BCUT2D eigenvalue weighted by molar-refractivity contribution is 5.85. The molecule has 58 valence electrons. The lowest BCUT2D eigenvalue weighted by atomic mass is 10.4. The first-order chi connectivity index (χ1) is 5.34. The van der Waals surface area contributed by atoms with Crippen LogP contribution in [0.2, 0.25) is 0 Å². The van der Waals surface area contributed by atoms with Crippen molar-refractivity contribution in [2.24, 2.45) is 0 Å². The van der Waals surface area contributed by atoms with Gasteiger partial charge in [-0.05, 0) is 13.0 Å². The van der Waals surface area contributed by atoms with Crippen LogP contribution in [-0.4, -0.2) is 12.6 Å². The first-order valence-electron chi connectivity index (χ1n) is 3.48. The van der Waals surface area contributed by atoms with Crippen molar-refractivity contribution < 1.29 is 14.5 Å². The van der Waals surface area contributed by atoms with Crippen LogP contribution in [-0.2, 0) is 4.74 Å². The van der Waals surface area contributed by atoms with Crippen molar-refractivity contribution in [2.75, 3.05) is 6.61 Å². The molecule has 11 heavy (non-hydrogen) atoms. The van der Waals surface area contributed by atoms with Gasteiger partial charge in [0, 0.05) is 12.1 Å². The molecule has 0 fully saturated rings. The standard InChI is InChI=1S/C8H9NO2/c1-2-11-8(10)7-5-3-4-6-9-7/h3-6H,2H2,1H3/p+1. The van der Waals surface area contributed by atoms with Gasteiger partial charge in [0.25, 0.3) is 5.69 Å². The number of nitrogens with one attached hydrogen (secondary N) is 1. The van der Waals surface area contributed by atoms with E-state index < -0.39 is 0 Å². The number of aromatic amines is 1. The number of carbonyl (C=O) groups is 1. The first kappa shape index (κ1) is 7.72. The topological polar surface area (TPSA) is 40.4 Å². The van der Waals surface area contributed by atoms with Crippen LogP contribution in [0.1, 0.15) is 17.4 Å². The molecule has 3 heteroatoms. The minimum atomic E-state index is -0.312. The predicted molar refractivity (Wildman–Crippen MR) is 39.0 cm³/mol. The van der Waals surface area contributed by atoms with Crippen LogP contribution in [0.15, 0.2) is 24.4 Å². The monoisotopic (exact) mass is 152 g/mol. The molecular weight excluding hydrogens is 142 g/mol. The van der Waals surface area contributed by atoms with Crippen LogP contribution in [0.4, 0.5) is 0 Å².